The molecule has 2 aliphatic carbocycles. The fourth-order valence-electron chi connectivity index (χ4n) is 2.80. The first-order valence-electron chi connectivity index (χ1n) is 5.33. The number of phenols is 1. The summed E-state index contributed by atoms with van der Waals surface area (Å²) in [5.41, 5.74) is 4.54. The second-order valence-electron chi connectivity index (χ2n) is 4.44. The molecule has 1 nitrogen and oxygen atoms in total. The number of fused-ring (bicyclic) bond motifs is 2. The van der Waals surface area contributed by atoms with E-state index in [4.69, 9.17) is 0 Å². The number of rotatable bonds is 1. The maximum Gasteiger partial charge on any atom is 0.115 e. The number of allylic oxidation sites excluding steroid dienone is 2. The van der Waals surface area contributed by atoms with Gasteiger partial charge in [-0.2, -0.15) is 0 Å². The predicted octanol–water partition coefficient (Wildman–Crippen LogP) is 3.35. The zero-order valence-electron chi connectivity index (χ0n) is 8.16. The number of aromatic hydroxyl groups is 1. The van der Waals surface area contributed by atoms with Crippen LogP contribution >= 0.6 is 0 Å². The van der Waals surface area contributed by atoms with Crippen molar-refractivity contribution in [3.05, 3.63) is 35.4 Å². The maximum absolute atomic E-state index is 9.22. The van der Waals surface area contributed by atoms with Crippen LogP contribution in [0.4, 0.5) is 0 Å². The third-order valence-corrected chi connectivity index (χ3v) is 3.52. The van der Waals surface area contributed by atoms with Crippen LogP contribution in [-0.4, -0.2) is 5.11 Å². The Morgan fingerprint density at radius 2 is 1.86 bits per heavy atom. The molecule has 2 bridgehead atoms. The van der Waals surface area contributed by atoms with Crippen LogP contribution in [0.1, 0.15) is 31.2 Å². The van der Waals surface area contributed by atoms with E-state index in [1.807, 2.05) is 12.1 Å². The number of benzene rings is 1. The molecule has 1 N–H and O–H groups in total. The molecule has 0 aromatic heterocycles. The summed E-state index contributed by atoms with van der Waals surface area (Å²) in [5.74, 6) is 1.29. The molecule has 1 atom stereocenters. The predicted molar refractivity (Wildman–Crippen MR) is 57.0 cm³/mol. The molecule has 2 aliphatic rings. The zero-order valence-corrected chi connectivity index (χ0v) is 8.16. The van der Waals surface area contributed by atoms with Crippen molar-refractivity contribution >= 4 is 5.57 Å². The Morgan fingerprint density at radius 3 is 2.43 bits per heavy atom. The van der Waals surface area contributed by atoms with Crippen molar-refractivity contribution in [1.82, 2.24) is 0 Å². The molecule has 1 saturated carbocycles. The van der Waals surface area contributed by atoms with Gasteiger partial charge in [0.15, 0.2) is 0 Å². The zero-order chi connectivity index (χ0) is 9.54. The van der Waals surface area contributed by atoms with Gasteiger partial charge in [0, 0.05) is 0 Å². The summed E-state index contributed by atoms with van der Waals surface area (Å²) in [6, 6.07) is 7.65. The first kappa shape index (κ1) is 8.10. The Kier molecular flexibility index (Phi) is 1.66. The first-order valence-corrected chi connectivity index (χ1v) is 5.33. The van der Waals surface area contributed by atoms with Gasteiger partial charge < -0.3 is 5.11 Å². The average Bonchev–Trinajstić information content (AvgIpc) is 2.80. The van der Waals surface area contributed by atoms with E-state index in [0.29, 0.717) is 5.75 Å². The lowest BCUT2D eigenvalue weighted by Crippen LogP contribution is -1.93. The van der Waals surface area contributed by atoms with Gasteiger partial charge in [-0.3, -0.25) is 0 Å². The van der Waals surface area contributed by atoms with Gasteiger partial charge in [0.25, 0.3) is 0 Å². The quantitative estimate of drug-likeness (QED) is 0.713. The molecule has 3 rings (SSSR count). The molecule has 0 radical (unpaired) electrons. The van der Waals surface area contributed by atoms with Crippen molar-refractivity contribution < 1.29 is 5.11 Å². The van der Waals surface area contributed by atoms with Crippen LogP contribution in [0.3, 0.4) is 0 Å². The molecular weight excluding hydrogens is 172 g/mol. The fourth-order valence-corrected chi connectivity index (χ4v) is 2.80. The minimum Gasteiger partial charge on any atom is -0.508 e. The number of hydrogen-bond donors (Lipinski definition) is 1. The molecule has 0 amide bonds. The smallest absolute Gasteiger partial charge is 0.115 e. The molecule has 1 aromatic rings. The van der Waals surface area contributed by atoms with Crippen LogP contribution in [0, 0.1) is 5.92 Å². The minimum atomic E-state index is 0.363. The average molecular weight is 186 g/mol. The van der Waals surface area contributed by atoms with Gasteiger partial charge in [-0.1, -0.05) is 17.7 Å². The van der Waals surface area contributed by atoms with Crippen LogP contribution in [0.5, 0.6) is 5.75 Å². The van der Waals surface area contributed by atoms with E-state index in [-0.39, 0.29) is 0 Å². The van der Waals surface area contributed by atoms with Crippen LogP contribution in [0.25, 0.3) is 5.57 Å². The highest BCUT2D eigenvalue weighted by atomic mass is 16.3. The monoisotopic (exact) mass is 186 g/mol. The molecule has 1 heteroatoms. The third-order valence-electron chi connectivity index (χ3n) is 3.52. The Morgan fingerprint density at radius 1 is 1.07 bits per heavy atom. The van der Waals surface area contributed by atoms with Gasteiger partial charge in [-0.25, -0.2) is 0 Å². The lowest BCUT2D eigenvalue weighted by Gasteiger charge is -2.12. The highest BCUT2D eigenvalue weighted by Crippen LogP contribution is 2.48. The van der Waals surface area contributed by atoms with Crippen molar-refractivity contribution in [2.24, 2.45) is 5.92 Å². The Hall–Kier alpha value is -1.24. The molecule has 0 heterocycles. The van der Waals surface area contributed by atoms with Crippen LogP contribution in [-0.2, 0) is 0 Å². The van der Waals surface area contributed by atoms with Gasteiger partial charge in [0.05, 0.1) is 0 Å². The van der Waals surface area contributed by atoms with Crippen molar-refractivity contribution in [3.8, 4) is 5.75 Å². The standard InChI is InChI=1S/C13H14O/c14-12-5-3-10(4-6-12)13-8-9-1-2-11(13)7-9/h3-6,9,14H,1-2,7-8H2. The molecule has 72 valence electrons. The number of phenolic OH excluding ortho intramolecular Hbond substituents is 1. The summed E-state index contributed by atoms with van der Waals surface area (Å²) >= 11 is 0. The highest BCUT2D eigenvalue weighted by Gasteiger charge is 2.30. The van der Waals surface area contributed by atoms with E-state index in [1.54, 1.807) is 23.3 Å². The van der Waals surface area contributed by atoms with E-state index in [9.17, 15) is 5.11 Å². The summed E-state index contributed by atoms with van der Waals surface area (Å²) < 4.78 is 0. The summed E-state index contributed by atoms with van der Waals surface area (Å²) in [7, 11) is 0. The Bertz CT molecular complexity index is 386. The minimum absolute atomic E-state index is 0.363. The summed E-state index contributed by atoms with van der Waals surface area (Å²) in [5, 5.41) is 9.22. The van der Waals surface area contributed by atoms with Gasteiger partial charge in [0.2, 0.25) is 0 Å². The van der Waals surface area contributed by atoms with E-state index >= 15 is 0 Å². The van der Waals surface area contributed by atoms with Gasteiger partial charge >= 0.3 is 0 Å². The molecule has 1 unspecified atom stereocenters. The molecule has 0 spiro atoms. The summed E-state index contributed by atoms with van der Waals surface area (Å²) in [4.78, 5) is 0. The SMILES string of the molecule is Oc1ccc(C2=C3CCC(C3)C2)cc1. The molecule has 1 fully saturated rings. The Labute approximate surface area is 84.1 Å². The molecule has 14 heavy (non-hydrogen) atoms. The van der Waals surface area contributed by atoms with Gasteiger partial charge in [0.1, 0.15) is 5.75 Å². The largest absolute Gasteiger partial charge is 0.508 e. The van der Waals surface area contributed by atoms with Crippen molar-refractivity contribution in [1.29, 1.82) is 0 Å². The molecule has 0 aliphatic heterocycles. The first-order chi connectivity index (χ1) is 6.83. The van der Waals surface area contributed by atoms with E-state index < -0.39 is 0 Å². The topological polar surface area (TPSA) is 20.2 Å². The normalized spacial score (nSPS) is 24.7. The second kappa shape index (κ2) is 2.88. The van der Waals surface area contributed by atoms with Gasteiger partial charge in [-0.05, 0) is 54.9 Å². The molecular formula is C13H14O. The highest BCUT2D eigenvalue weighted by molar-refractivity contribution is 5.72. The second-order valence-corrected chi connectivity index (χ2v) is 4.44. The molecule has 1 aromatic carbocycles. The lowest BCUT2D eigenvalue weighted by molar-refractivity contribution is 0.475. The Balaban J connectivity index is 2.00. The maximum atomic E-state index is 9.22. The van der Waals surface area contributed by atoms with E-state index in [0.717, 1.165) is 5.92 Å². The third kappa shape index (κ3) is 1.16. The summed E-state index contributed by atoms with van der Waals surface area (Å²) in [6.07, 6.45) is 5.30. The summed E-state index contributed by atoms with van der Waals surface area (Å²) in [6.45, 7) is 0. The number of hydrogen-bond acceptors (Lipinski definition) is 1. The van der Waals surface area contributed by atoms with Crippen molar-refractivity contribution in [2.75, 3.05) is 0 Å². The van der Waals surface area contributed by atoms with Crippen LogP contribution in [0.2, 0.25) is 0 Å². The molecule has 0 saturated heterocycles. The van der Waals surface area contributed by atoms with Gasteiger partial charge in [-0.15, -0.1) is 0 Å². The van der Waals surface area contributed by atoms with Crippen molar-refractivity contribution in [3.63, 3.8) is 0 Å². The lowest BCUT2D eigenvalue weighted by atomic mass is 9.94. The van der Waals surface area contributed by atoms with E-state index in [1.165, 1.54) is 31.2 Å². The van der Waals surface area contributed by atoms with Crippen molar-refractivity contribution in [2.45, 2.75) is 25.7 Å². The van der Waals surface area contributed by atoms with E-state index in [2.05, 4.69) is 0 Å². The van der Waals surface area contributed by atoms with Crippen LogP contribution < -0.4 is 0 Å². The fraction of sp³-hybridized carbons (Fsp3) is 0.385. The van der Waals surface area contributed by atoms with Crippen LogP contribution in [0.15, 0.2) is 29.8 Å².